The van der Waals surface area contributed by atoms with Crippen molar-refractivity contribution in [3.05, 3.63) is 35.9 Å². The molecule has 1 rings (SSSR count). The summed E-state index contributed by atoms with van der Waals surface area (Å²) < 4.78 is 9.41. The Morgan fingerprint density at radius 3 is 1.86 bits per heavy atom. The lowest BCUT2D eigenvalue weighted by Crippen LogP contribution is -2.37. The largest absolute Gasteiger partial charge is 0.468 e. The summed E-state index contributed by atoms with van der Waals surface area (Å²) in [6.45, 7) is 3.73. The van der Waals surface area contributed by atoms with Crippen LogP contribution in [0.4, 0.5) is 0 Å². The normalized spacial score (nSPS) is 12.1. The molecule has 0 spiro atoms. The van der Waals surface area contributed by atoms with Gasteiger partial charge in [-0.1, -0.05) is 44.2 Å². The monoisotopic (exact) mass is 306 g/mol. The number of carbonyl (C=O) groups is 3. The molecule has 5 nitrogen and oxygen atoms in total. The van der Waals surface area contributed by atoms with Gasteiger partial charge in [0.1, 0.15) is 0 Å². The van der Waals surface area contributed by atoms with Crippen molar-refractivity contribution in [2.75, 3.05) is 14.2 Å². The van der Waals surface area contributed by atoms with Gasteiger partial charge < -0.3 is 9.47 Å². The van der Waals surface area contributed by atoms with Gasteiger partial charge in [0.25, 0.3) is 0 Å². The first-order valence-corrected chi connectivity index (χ1v) is 7.16. The molecule has 120 valence electrons. The fraction of sp³-hybridized carbons (Fsp3) is 0.471. The highest BCUT2D eigenvalue weighted by molar-refractivity contribution is 5.99. The van der Waals surface area contributed by atoms with E-state index in [9.17, 15) is 14.4 Å². The third-order valence-electron chi connectivity index (χ3n) is 3.71. The number of ether oxygens (including phenoxy) is 2. The van der Waals surface area contributed by atoms with E-state index < -0.39 is 23.8 Å². The molecular weight excluding hydrogens is 284 g/mol. The maximum absolute atomic E-state index is 12.4. The van der Waals surface area contributed by atoms with Gasteiger partial charge in [-0.3, -0.25) is 14.4 Å². The van der Waals surface area contributed by atoms with Crippen LogP contribution in [-0.2, 0) is 19.1 Å². The number of esters is 2. The number of hydrogen-bond acceptors (Lipinski definition) is 5. The summed E-state index contributed by atoms with van der Waals surface area (Å²) in [5.41, 5.74) is 0.557. The van der Waals surface area contributed by atoms with Crippen molar-refractivity contribution in [3.63, 3.8) is 0 Å². The molecule has 0 aliphatic rings. The summed E-state index contributed by atoms with van der Waals surface area (Å²) in [6, 6.07) is 8.80. The van der Waals surface area contributed by atoms with Crippen LogP contribution >= 0.6 is 0 Å². The topological polar surface area (TPSA) is 69.7 Å². The molecule has 0 saturated carbocycles. The van der Waals surface area contributed by atoms with Crippen molar-refractivity contribution in [2.24, 2.45) is 17.8 Å². The van der Waals surface area contributed by atoms with Gasteiger partial charge in [0, 0.05) is 12.0 Å². The molecule has 0 fully saturated rings. The Morgan fingerprint density at radius 2 is 1.45 bits per heavy atom. The maximum Gasteiger partial charge on any atom is 0.320 e. The fourth-order valence-corrected chi connectivity index (χ4v) is 2.39. The van der Waals surface area contributed by atoms with Gasteiger partial charge in [0.15, 0.2) is 11.7 Å². The van der Waals surface area contributed by atoms with Crippen molar-refractivity contribution in [3.8, 4) is 0 Å². The van der Waals surface area contributed by atoms with E-state index >= 15 is 0 Å². The average Bonchev–Trinajstić information content (AvgIpc) is 2.53. The van der Waals surface area contributed by atoms with Crippen LogP contribution in [-0.4, -0.2) is 31.9 Å². The number of methoxy groups -OCH3 is 2. The summed E-state index contributed by atoms with van der Waals surface area (Å²) in [5, 5.41) is 0. The summed E-state index contributed by atoms with van der Waals surface area (Å²) in [6.07, 6.45) is 0.0799. The minimum absolute atomic E-state index is 0.0594. The predicted octanol–water partition coefficient (Wildman–Crippen LogP) is 2.49. The van der Waals surface area contributed by atoms with E-state index in [-0.39, 0.29) is 18.1 Å². The highest BCUT2D eigenvalue weighted by Crippen LogP contribution is 2.28. The van der Waals surface area contributed by atoms with Gasteiger partial charge in [-0.25, -0.2) is 0 Å². The van der Waals surface area contributed by atoms with E-state index in [1.165, 1.54) is 14.2 Å². The van der Waals surface area contributed by atoms with Gasteiger partial charge in [0.2, 0.25) is 0 Å². The number of benzene rings is 1. The fourth-order valence-electron chi connectivity index (χ4n) is 2.39. The minimum atomic E-state index is -1.09. The SMILES string of the molecule is COC(=O)C(C(=O)OC)[C@@H](CC(=O)c1ccccc1)C(C)C. The first-order chi connectivity index (χ1) is 10.4. The minimum Gasteiger partial charge on any atom is -0.468 e. The lowest BCUT2D eigenvalue weighted by molar-refractivity contribution is -0.162. The molecule has 0 aliphatic heterocycles. The lowest BCUT2D eigenvalue weighted by Gasteiger charge is -2.26. The second-order valence-electron chi connectivity index (χ2n) is 5.43. The molecule has 0 heterocycles. The molecule has 22 heavy (non-hydrogen) atoms. The van der Waals surface area contributed by atoms with Gasteiger partial charge in [-0.05, 0) is 11.8 Å². The van der Waals surface area contributed by atoms with Crippen molar-refractivity contribution < 1.29 is 23.9 Å². The van der Waals surface area contributed by atoms with Crippen LogP contribution in [0.5, 0.6) is 0 Å². The van der Waals surface area contributed by atoms with Crippen molar-refractivity contribution in [1.82, 2.24) is 0 Å². The highest BCUT2D eigenvalue weighted by Gasteiger charge is 2.39. The van der Waals surface area contributed by atoms with Crippen LogP contribution in [0.1, 0.15) is 30.6 Å². The molecule has 0 bridgehead atoms. The highest BCUT2D eigenvalue weighted by atomic mass is 16.5. The molecule has 5 heteroatoms. The second kappa shape index (κ2) is 8.32. The smallest absolute Gasteiger partial charge is 0.320 e. The van der Waals surface area contributed by atoms with Gasteiger partial charge in [-0.15, -0.1) is 0 Å². The van der Waals surface area contributed by atoms with E-state index in [2.05, 4.69) is 0 Å². The number of hydrogen-bond donors (Lipinski definition) is 0. The third kappa shape index (κ3) is 4.41. The number of rotatable bonds is 7. The Kier molecular flexibility index (Phi) is 6.76. The molecule has 1 aromatic rings. The molecule has 0 aliphatic carbocycles. The number of Topliss-reactive ketones (excluding diaryl/α,β-unsaturated/α-hetero) is 1. The van der Waals surface area contributed by atoms with Crippen LogP contribution in [0, 0.1) is 17.8 Å². The molecule has 0 N–H and O–H groups in total. The van der Waals surface area contributed by atoms with E-state index in [1.54, 1.807) is 24.3 Å². The number of ketones is 1. The Morgan fingerprint density at radius 1 is 0.955 bits per heavy atom. The zero-order valence-electron chi connectivity index (χ0n) is 13.4. The average molecular weight is 306 g/mol. The third-order valence-corrected chi connectivity index (χ3v) is 3.71. The Hall–Kier alpha value is -2.17. The van der Waals surface area contributed by atoms with Gasteiger partial charge in [0.05, 0.1) is 14.2 Å². The Bertz CT molecular complexity index is 505. The van der Waals surface area contributed by atoms with Crippen molar-refractivity contribution in [1.29, 1.82) is 0 Å². The summed E-state index contributed by atoms with van der Waals surface area (Å²) in [7, 11) is 2.43. The molecule has 0 unspecified atom stereocenters. The first-order valence-electron chi connectivity index (χ1n) is 7.16. The van der Waals surface area contributed by atoms with Crippen LogP contribution in [0.15, 0.2) is 30.3 Å². The molecule has 0 radical (unpaired) electrons. The first kappa shape index (κ1) is 17.9. The maximum atomic E-state index is 12.4. The molecule has 1 aromatic carbocycles. The van der Waals surface area contributed by atoms with E-state index in [1.807, 2.05) is 19.9 Å². The predicted molar refractivity (Wildman–Crippen MR) is 81.2 cm³/mol. The summed E-state index contributed by atoms with van der Waals surface area (Å²) in [5.74, 6) is -3.10. The molecule has 0 aromatic heterocycles. The van der Waals surface area contributed by atoms with Gasteiger partial charge >= 0.3 is 11.9 Å². The quantitative estimate of drug-likeness (QED) is 0.440. The van der Waals surface area contributed by atoms with Gasteiger partial charge in [-0.2, -0.15) is 0 Å². The van der Waals surface area contributed by atoms with Crippen molar-refractivity contribution >= 4 is 17.7 Å². The summed E-state index contributed by atoms with van der Waals surface area (Å²) >= 11 is 0. The molecule has 1 atom stereocenters. The lowest BCUT2D eigenvalue weighted by atomic mass is 9.79. The Labute approximate surface area is 130 Å². The van der Waals surface area contributed by atoms with E-state index in [4.69, 9.17) is 9.47 Å². The summed E-state index contributed by atoms with van der Waals surface area (Å²) in [4.78, 5) is 36.3. The standard InChI is InChI=1S/C17H22O5/c1-11(2)13(15(16(19)21-3)17(20)22-4)10-14(18)12-8-6-5-7-9-12/h5-9,11,13,15H,10H2,1-4H3/t13-/m0/s1. The molecule has 0 saturated heterocycles. The zero-order chi connectivity index (χ0) is 16.7. The van der Waals surface area contributed by atoms with E-state index in [0.717, 1.165) is 0 Å². The van der Waals surface area contributed by atoms with Crippen LogP contribution in [0.25, 0.3) is 0 Å². The van der Waals surface area contributed by atoms with Crippen LogP contribution in [0.3, 0.4) is 0 Å². The van der Waals surface area contributed by atoms with Crippen LogP contribution < -0.4 is 0 Å². The van der Waals surface area contributed by atoms with E-state index in [0.29, 0.717) is 5.56 Å². The van der Waals surface area contributed by atoms with Crippen LogP contribution in [0.2, 0.25) is 0 Å². The zero-order valence-corrected chi connectivity index (χ0v) is 13.4. The Balaban J connectivity index is 3.03. The van der Waals surface area contributed by atoms with Crippen molar-refractivity contribution in [2.45, 2.75) is 20.3 Å². The molecule has 0 amide bonds. The number of carbonyl (C=O) groups excluding carboxylic acids is 3. The molecular formula is C17H22O5. The second-order valence-corrected chi connectivity index (χ2v) is 5.43.